The lowest BCUT2D eigenvalue weighted by Crippen LogP contribution is -2.49. The summed E-state index contributed by atoms with van der Waals surface area (Å²) in [5.74, 6) is -0.0836. The summed E-state index contributed by atoms with van der Waals surface area (Å²) in [6, 6.07) is 4.23. The van der Waals surface area contributed by atoms with Crippen molar-refractivity contribution in [3.05, 3.63) is 29.6 Å². The van der Waals surface area contributed by atoms with Crippen LogP contribution >= 0.6 is 0 Å². The number of rotatable bonds is 9. The Bertz CT molecular complexity index is 856. The summed E-state index contributed by atoms with van der Waals surface area (Å²) in [6.45, 7) is 4.00. The molecule has 182 valence electrons. The van der Waals surface area contributed by atoms with Crippen LogP contribution in [0.5, 0.6) is 5.75 Å². The Hall–Kier alpha value is -2.35. The molecule has 1 heterocycles. The van der Waals surface area contributed by atoms with Crippen LogP contribution in [0.15, 0.2) is 18.2 Å². The zero-order valence-electron chi connectivity index (χ0n) is 19.4. The normalized spacial score (nSPS) is 20.8. The number of carbonyl (C=O) groups excluding carboxylic acids is 2. The third kappa shape index (κ3) is 5.96. The number of ether oxygens (including phenoxy) is 2. The van der Waals surface area contributed by atoms with Crippen molar-refractivity contribution in [2.75, 3.05) is 32.8 Å². The second-order valence-electron chi connectivity index (χ2n) is 10.2. The standard InChI is InChI=1S/C25H35FN2O5/c1-24(6-7-24)33-23(31)28-11-8-25(9-12-28)16-18(17-25)3-2-14-32-19-4-5-20(21(26)15-19)22(30)27-10-13-29/h4-5,15,18,29H,2-3,6-14,16-17H2,1H3,(H,27,30). The number of hydrogen-bond donors (Lipinski definition) is 2. The molecule has 0 atom stereocenters. The van der Waals surface area contributed by atoms with Gasteiger partial charge in [-0.05, 0) is 81.8 Å². The van der Waals surface area contributed by atoms with Gasteiger partial charge in [-0.2, -0.15) is 0 Å². The van der Waals surface area contributed by atoms with E-state index in [0.717, 1.165) is 51.6 Å². The van der Waals surface area contributed by atoms with Gasteiger partial charge >= 0.3 is 6.09 Å². The zero-order valence-corrected chi connectivity index (χ0v) is 19.4. The maximum absolute atomic E-state index is 14.2. The van der Waals surface area contributed by atoms with Gasteiger partial charge < -0.3 is 24.8 Å². The first kappa shape index (κ1) is 23.8. The number of carbonyl (C=O) groups is 2. The summed E-state index contributed by atoms with van der Waals surface area (Å²) in [6.07, 6.45) is 8.32. The van der Waals surface area contributed by atoms with Gasteiger partial charge in [-0.3, -0.25) is 4.79 Å². The number of benzene rings is 1. The van der Waals surface area contributed by atoms with Crippen LogP contribution in [0.2, 0.25) is 0 Å². The fourth-order valence-corrected chi connectivity index (χ4v) is 5.09. The van der Waals surface area contributed by atoms with Gasteiger partial charge in [-0.15, -0.1) is 0 Å². The Morgan fingerprint density at radius 2 is 1.94 bits per heavy atom. The van der Waals surface area contributed by atoms with Gasteiger partial charge in [0, 0.05) is 25.7 Å². The third-order valence-corrected chi connectivity index (χ3v) is 7.42. The highest BCUT2D eigenvalue weighted by atomic mass is 19.1. The first-order chi connectivity index (χ1) is 15.8. The number of aliphatic hydroxyl groups is 1. The number of halogens is 1. The van der Waals surface area contributed by atoms with Crippen LogP contribution in [-0.2, 0) is 4.74 Å². The van der Waals surface area contributed by atoms with Crippen molar-refractivity contribution in [3.63, 3.8) is 0 Å². The Balaban J connectivity index is 1.11. The van der Waals surface area contributed by atoms with Gasteiger partial charge in [0.2, 0.25) is 0 Å². The Morgan fingerprint density at radius 1 is 1.21 bits per heavy atom. The lowest BCUT2D eigenvalue weighted by atomic mass is 9.56. The molecule has 0 aromatic heterocycles. The zero-order chi connectivity index (χ0) is 23.5. The van der Waals surface area contributed by atoms with E-state index in [9.17, 15) is 14.0 Å². The van der Waals surface area contributed by atoms with Gasteiger partial charge in [-0.25, -0.2) is 9.18 Å². The molecule has 0 bridgehead atoms. The van der Waals surface area contributed by atoms with Crippen LogP contribution < -0.4 is 10.1 Å². The molecule has 1 spiro atoms. The smallest absolute Gasteiger partial charge is 0.410 e. The minimum absolute atomic E-state index is 0.0587. The molecule has 0 unspecified atom stereocenters. The molecule has 0 radical (unpaired) electrons. The van der Waals surface area contributed by atoms with Gasteiger partial charge in [0.05, 0.1) is 18.8 Å². The molecule has 2 N–H and O–H groups in total. The molecule has 7 nitrogen and oxygen atoms in total. The lowest BCUT2D eigenvalue weighted by Gasteiger charge is -2.52. The van der Waals surface area contributed by atoms with Gasteiger partial charge in [0.1, 0.15) is 17.2 Å². The van der Waals surface area contributed by atoms with Crippen LogP contribution in [0, 0.1) is 17.2 Å². The van der Waals surface area contributed by atoms with Crippen molar-refractivity contribution in [2.24, 2.45) is 11.3 Å². The minimum atomic E-state index is -0.634. The lowest BCUT2D eigenvalue weighted by molar-refractivity contribution is -0.0231. The fraction of sp³-hybridized carbons (Fsp3) is 0.680. The third-order valence-electron chi connectivity index (χ3n) is 7.42. The maximum atomic E-state index is 14.2. The Kier molecular flexibility index (Phi) is 7.12. The van der Waals surface area contributed by atoms with E-state index in [1.54, 1.807) is 6.07 Å². The minimum Gasteiger partial charge on any atom is -0.493 e. The summed E-state index contributed by atoms with van der Waals surface area (Å²) in [7, 11) is 0. The fourth-order valence-electron chi connectivity index (χ4n) is 5.09. The largest absolute Gasteiger partial charge is 0.493 e. The summed E-state index contributed by atoms with van der Waals surface area (Å²) < 4.78 is 25.4. The quantitative estimate of drug-likeness (QED) is 0.544. The summed E-state index contributed by atoms with van der Waals surface area (Å²) in [5.41, 5.74) is 0.122. The summed E-state index contributed by atoms with van der Waals surface area (Å²) in [4.78, 5) is 26.0. The molecule has 1 aliphatic heterocycles. The van der Waals surface area contributed by atoms with Gasteiger partial charge in [-0.1, -0.05) is 0 Å². The highest BCUT2D eigenvalue weighted by molar-refractivity contribution is 5.94. The molecule has 4 rings (SSSR count). The van der Waals surface area contributed by atoms with E-state index in [-0.39, 0.29) is 30.4 Å². The maximum Gasteiger partial charge on any atom is 0.410 e. The molecule has 2 amide bonds. The van der Waals surface area contributed by atoms with Crippen LogP contribution in [0.4, 0.5) is 9.18 Å². The summed E-state index contributed by atoms with van der Waals surface area (Å²) >= 11 is 0. The monoisotopic (exact) mass is 462 g/mol. The van der Waals surface area contributed by atoms with Gasteiger partial charge in [0.25, 0.3) is 5.91 Å². The first-order valence-corrected chi connectivity index (χ1v) is 12.1. The molecule has 2 saturated carbocycles. The Labute approximate surface area is 194 Å². The highest BCUT2D eigenvalue weighted by Gasteiger charge is 2.47. The van der Waals surface area contributed by atoms with Crippen molar-refractivity contribution < 1.29 is 28.6 Å². The van der Waals surface area contributed by atoms with E-state index < -0.39 is 11.7 Å². The predicted octanol–water partition coefficient (Wildman–Crippen LogP) is 3.89. The molecule has 2 aliphatic carbocycles. The topological polar surface area (TPSA) is 88.1 Å². The SMILES string of the molecule is CC1(OC(=O)N2CCC3(CC2)CC(CCCOc2ccc(C(=O)NCCO)c(F)c2)C3)CC1. The van der Waals surface area contributed by atoms with Crippen molar-refractivity contribution in [1.29, 1.82) is 0 Å². The van der Waals surface area contributed by atoms with Crippen LogP contribution in [0.3, 0.4) is 0 Å². The van der Waals surface area contributed by atoms with Crippen molar-refractivity contribution in [2.45, 2.75) is 63.9 Å². The first-order valence-electron chi connectivity index (χ1n) is 12.1. The van der Waals surface area contributed by atoms with Crippen molar-refractivity contribution in [1.82, 2.24) is 10.2 Å². The highest BCUT2D eigenvalue weighted by Crippen LogP contribution is 2.54. The van der Waals surface area contributed by atoms with E-state index in [1.165, 1.54) is 25.0 Å². The molecule has 33 heavy (non-hydrogen) atoms. The average Bonchev–Trinajstić information content (AvgIpc) is 3.50. The second kappa shape index (κ2) is 9.87. The Morgan fingerprint density at radius 3 is 2.58 bits per heavy atom. The van der Waals surface area contributed by atoms with Crippen LogP contribution in [-0.4, -0.2) is 60.5 Å². The number of nitrogens with one attached hydrogen (secondary N) is 1. The average molecular weight is 463 g/mol. The van der Waals surface area contributed by atoms with Gasteiger partial charge in [0.15, 0.2) is 0 Å². The number of hydrogen-bond acceptors (Lipinski definition) is 5. The molecule has 3 aliphatic rings. The van der Waals surface area contributed by atoms with E-state index in [2.05, 4.69) is 5.32 Å². The van der Waals surface area contributed by atoms with Crippen molar-refractivity contribution in [3.8, 4) is 5.75 Å². The van der Waals surface area contributed by atoms with E-state index in [0.29, 0.717) is 23.7 Å². The molecular formula is C25H35FN2O5. The molecule has 1 saturated heterocycles. The number of nitrogens with zero attached hydrogens (tertiary/aromatic N) is 1. The molecule has 1 aromatic carbocycles. The van der Waals surface area contributed by atoms with Crippen molar-refractivity contribution >= 4 is 12.0 Å². The number of amides is 2. The predicted molar refractivity (Wildman–Crippen MR) is 121 cm³/mol. The molecule has 1 aromatic rings. The molecular weight excluding hydrogens is 427 g/mol. The number of piperidine rings is 1. The van der Waals surface area contributed by atoms with E-state index >= 15 is 0 Å². The van der Waals surface area contributed by atoms with E-state index in [4.69, 9.17) is 14.6 Å². The molecule has 3 fully saturated rings. The van der Waals surface area contributed by atoms with E-state index in [1.807, 2.05) is 11.8 Å². The van der Waals surface area contributed by atoms with Crippen LogP contribution in [0.25, 0.3) is 0 Å². The van der Waals surface area contributed by atoms with Crippen LogP contribution in [0.1, 0.15) is 68.6 Å². The second-order valence-corrected chi connectivity index (χ2v) is 10.2. The number of aliphatic hydroxyl groups excluding tert-OH is 1. The number of likely N-dealkylation sites (tertiary alicyclic amines) is 1. The molecule has 8 heteroatoms. The summed E-state index contributed by atoms with van der Waals surface area (Å²) in [5, 5.41) is 11.2.